The summed E-state index contributed by atoms with van der Waals surface area (Å²) in [6, 6.07) is 11.6. The van der Waals surface area contributed by atoms with Gasteiger partial charge in [0.25, 0.3) is 0 Å². The quantitative estimate of drug-likeness (QED) is 0.297. The van der Waals surface area contributed by atoms with E-state index in [-0.39, 0.29) is 41.9 Å². The number of rotatable bonds is 7. The number of benzene rings is 2. The van der Waals surface area contributed by atoms with Gasteiger partial charge in [-0.3, -0.25) is 4.79 Å². The molecular weight excluding hydrogens is 446 g/mol. The maximum absolute atomic E-state index is 10.7. The SMILES string of the molecule is CCOC(=O)[C@@H](N)CS.O=C([O-])Cc1ccccc1Nc1c(Cl)cccc1Cl.[Na+]. The summed E-state index contributed by atoms with van der Waals surface area (Å²) >= 11 is 15.9. The molecule has 29 heavy (non-hydrogen) atoms. The van der Waals surface area contributed by atoms with Crippen LogP contribution in [-0.4, -0.2) is 30.3 Å². The second-order valence-corrected chi connectivity index (χ2v) is 6.65. The van der Waals surface area contributed by atoms with Crippen LogP contribution in [0.2, 0.25) is 10.0 Å². The zero-order valence-corrected chi connectivity index (χ0v) is 20.6. The first-order chi connectivity index (χ1) is 13.3. The molecule has 1 atom stereocenters. The van der Waals surface area contributed by atoms with E-state index in [2.05, 4.69) is 22.7 Å². The van der Waals surface area contributed by atoms with Crippen LogP contribution in [0.5, 0.6) is 0 Å². The monoisotopic (exact) mass is 466 g/mol. The minimum absolute atomic E-state index is 0. The number of halogens is 2. The largest absolute Gasteiger partial charge is 1.00 e. The van der Waals surface area contributed by atoms with Crippen molar-refractivity contribution >= 4 is 59.1 Å². The summed E-state index contributed by atoms with van der Waals surface area (Å²) in [6.45, 7) is 2.11. The molecule has 6 nitrogen and oxygen atoms in total. The molecule has 0 saturated carbocycles. The van der Waals surface area contributed by atoms with Crippen molar-refractivity contribution in [2.45, 2.75) is 19.4 Å². The van der Waals surface area contributed by atoms with Crippen LogP contribution in [0, 0.1) is 0 Å². The summed E-state index contributed by atoms with van der Waals surface area (Å²) in [7, 11) is 0. The Morgan fingerprint density at radius 3 is 2.28 bits per heavy atom. The van der Waals surface area contributed by atoms with Crippen molar-refractivity contribution in [2.24, 2.45) is 5.73 Å². The molecule has 0 saturated heterocycles. The fourth-order valence-electron chi connectivity index (χ4n) is 2.03. The predicted octanol–water partition coefficient (Wildman–Crippen LogP) is -0.160. The molecule has 0 spiro atoms. The molecule has 0 aliphatic carbocycles. The van der Waals surface area contributed by atoms with Gasteiger partial charge in [0.05, 0.1) is 22.3 Å². The summed E-state index contributed by atoms with van der Waals surface area (Å²) in [5.74, 6) is -1.19. The Hall–Kier alpha value is -0.930. The van der Waals surface area contributed by atoms with Crippen LogP contribution in [0.4, 0.5) is 11.4 Å². The first-order valence-electron chi connectivity index (χ1n) is 8.32. The van der Waals surface area contributed by atoms with Gasteiger partial charge >= 0.3 is 35.5 Å². The van der Waals surface area contributed by atoms with Crippen LogP contribution < -0.4 is 45.7 Å². The third-order valence-electron chi connectivity index (χ3n) is 3.36. The number of aliphatic carboxylic acids is 1. The molecular formula is C19H21Cl2N2NaO4S. The van der Waals surface area contributed by atoms with Crippen LogP contribution in [0.1, 0.15) is 12.5 Å². The molecule has 0 unspecified atom stereocenters. The van der Waals surface area contributed by atoms with E-state index in [0.29, 0.717) is 39.3 Å². The molecule has 0 aromatic heterocycles. The first-order valence-corrected chi connectivity index (χ1v) is 9.70. The number of carbonyl (C=O) groups excluding carboxylic acids is 2. The zero-order chi connectivity index (χ0) is 21.1. The predicted molar refractivity (Wildman–Crippen MR) is 113 cm³/mol. The molecule has 3 N–H and O–H groups in total. The van der Waals surface area contributed by atoms with Crippen LogP contribution in [0.3, 0.4) is 0 Å². The third-order valence-corrected chi connectivity index (χ3v) is 4.38. The standard InChI is InChI=1S/C14H11Cl2NO2.C5H11NO2S.Na/c15-10-5-3-6-11(16)14(10)17-12-7-2-1-4-9(12)8-13(18)19;1-2-8-5(7)4(6)3-9;/h1-7,17H,8H2,(H,18,19);4,9H,2-3,6H2,1H3;/q;;+1/p-1/t;4-;/m.0./s1. The number of nitrogens with one attached hydrogen (secondary N) is 1. The fourth-order valence-corrected chi connectivity index (χ4v) is 2.67. The molecule has 2 aromatic rings. The van der Waals surface area contributed by atoms with Gasteiger partial charge < -0.3 is 25.7 Å². The summed E-state index contributed by atoms with van der Waals surface area (Å²) < 4.78 is 4.58. The summed E-state index contributed by atoms with van der Waals surface area (Å²) in [4.78, 5) is 21.3. The molecule has 0 fully saturated rings. The van der Waals surface area contributed by atoms with E-state index in [4.69, 9.17) is 28.9 Å². The molecule has 0 bridgehead atoms. The van der Waals surface area contributed by atoms with E-state index in [1.807, 2.05) is 0 Å². The molecule has 0 amide bonds. The molecule has 2 aromatic carbocycles. The first kappa shape index (κ1) is 28.1. The zero-order valence-electron chi connectivity index (χ0n) is 16.2. The fraction of sp³-hybridized carbons (Fsp3) is 0.263. The second kappa shape index (κ2) is 15.0. The number of hydrogen-bond acceptors (Lipinski definition) is 7. The van der Waals surface area contributed by atoms with Crippen molar-refractivity contribution in [3.05, 3.63) is 58.1 Å². The van der Waals surface area contributed by atoms with Gasteiger partial charge in [0.1, 0.15) is 6.04 Å². The Kier molecular flexibility index (Phi) is 14.5. The van der Waals surface area contributed by atoms with Gasteiger partial charge in [0, 0.05) is 23.8 Å². The van der Waals surface area contributed by atoms with Crippen LogP contribution >= 0.6 is 35.8 Å². The number of carboxylic acid groups (broad SMARTS) is 1. The number of thiol groups is 1. The Labute approximate surface area is 207 Å². The van der Waals surface area contributed by atoms with Crippen molar-refractivity contribution < 1.29 is 49.0 Å². The number of nitrogens with two attached hydrogens (primary N) is 1. The number of carboxylic acids is 1. The number of carbonyl (C=O) groups is 2. The Balaban J connectivity index is 0.000000672. The van der Waals surface area contributed by atoms with Gasteiger partial charge in [-0.1, -0.05) is 47.5 Å². The number of anilines is 2. The average Bonchev–Trinajstić information content (AvgIpc) is 2.65. The summed E-state index contributed by atoms with van der Waals surface area (Å²) in [6.07, 6.45) is -0.175. The molecule has 0 radical (unpaired) electrons. The number of esters is 1. The second-order valence-electron chi connectivity index (χ2n) is 5.47. The summed E-state index contributed by atoms with van der Waals surface area (Å²) in [5, 5.41) is 14.7. The van der Waals surface area contributed by atoms with E-state index in [1.54, 1.807) is 49.4 Å². The molecule has 0 heterocycles. The molecule has 2 rings (SSSR count). The van der Waals surface area contributed by atoms with E-state index < -0.39 is 12.0 Å². The van der Waals surface area contributed by atoms with Crippen molar-refractivity contribution in [3.63, 3.8) is 0 Å². The van der Waals surface area contributed by atoms with Crippen molar-refractivity contribution in [1.82, 2.24) is 0 Å². The Morgan fingerprint density at radius 2 is 1.76 bits per heavy atom. The van der Waals surface area contributed by atoms with Crippen LogP contribution in [-0.2, 0) is 20.7 Å². The van der Waals surface area contributed by atoms with E-state index in [0.717, 1.165) is 0 Å². The average molecular weight is 467 g/mol. The topological polar surface area (TPSA) is 104 Å². The van der Waals surface area contributed by atoms with Gasteiger partial charge in [0.15, 0.2) is 0 Å². The number of para-hydroxylation sites is 2. The smallest absolute Gasteiger partial charge is 0.550 e. The van der Waals surface area contributed by atoms with Gasteiger partial charge in [0.2, 0.25) is 0 Å². The Bertz CT molecular complexity index is 791. The van der Waals surface area contributed by atoms with E-state index in [1.165, 1.54) is 0 Å². The van der Waals surface area contributed by atoms with Crippen LogP contribution in [0.25, 0.3) is 0 Å². The minimum Gasteiger partial charge on any atom is -0.550 e. The minimum atomic E-state index is -1.14. The number of hydrogen-bond donors (Lipinski definition) is 3. The van der Waals surface area contributed by atoms with Gasteiger partial charge in [-0.15, -0.1) is 0 Å². The van der Waals surface area contributed by atoms with Gasteiger partial charge in [-0.25, -0.2) is 0 Å². The van der Waals surface area contributed by atoms with Crippen LogP contribution in [0.15, 0.2) is 42.5 Å². The van der Waals surface area contributed by atoms with E-state index >= 15 is 0 Å². The normalized spacial score (nSPS) is 10.7. The third kappa shape index (κ3) is 10.1. The van der Waals surface area contributed by atoms with Gasteiger partial charge in [-0.05, 0) is 30.7 Å². The molecule has 152 valence electrons. The molecule has 0 aliphatic rings. The molecule has 10 heteroatoms. The van der Waals surface area contributed by atoms with Crippen molar-refractivity contribution in [2.75, 3.05) is 17.7 Å². The molecule has 0 aliphatic heterocycles. The van der Waals surface area contributed by atoms with Gasteiger partial charge in [-0.2, -0.15) is 12.6 Å². The summed E-state index contributed by atoms with van der Waals surface area (Å²) in [5.41, 5.74) is 7.05. The van der Waals surface area contributed by atoms with Crippen molar-refractivity contribution in [3.8, 4) is 0 Å². The maximum atomic E-state index is 10.7. The maximum Gasteiger partial charge on any atom is 1.00 e. The van der Waals surface area contributed by atoms with Crippen molar-refractivity contribution in [1.29, 1.82) is 0 Å². The Morgan fingerprint density at radius 1 is 1.17 bits per heavy atom. The number of ether oxygens (including phenoxy) is 1. The van der Waals surface area contributed by atoms with E-state index in [9.17, 15) is 14.7 Å².